The predicted octanol–water partition coefficient (Wildman–Crippen LogP) is 14.8. The zero-order valence-corrected chi connectivity index (χ0v) is 42.3. The molecule has 0 radical (unpaired) electrons. The molecule has 4 unspecified atom stereocenters. The van der Waals surface area contributed by atoms with Crippen LogP contribution in [0.5, 0.6) is 0 Å². The first-order valence-corrected chi connectivity index (χ1v) is 28.6. The second-order valence-corrected chi connectivity index (χ2v) is 25.8. The monoisotopic (exact) mass is 1020 g/mol. The molecule has 9 rings (SSSR count). The van der Waals surface area contributed by atoms with Gasteiger partial charge in [0.15, 0.2) is 0 Å². The lowest BCUT2D eigenvalue weighted by molar-refractivity contribution is 0.0902. The van der Waals surface area contributed by atoms with Crippen molar-refractivity contribution in [1.29, 1.82) is 0 Å². The second-order valence-electron chi connectivity index (χ2n) is 19.1. The highest BCUT2D eigenvalue weighted by Gasteiger charge is 2.39. The van der Waals surface area contributed by atoms with Gasteiger partial charge in [-0.25, -0.2) is 8.78 Å². The van der Waals surface area contributed by atoms with E-state index in [1.165, 1.54) is 87.1 Å². The summed E-state index contributed by atoms with van der Waals surface area (Å²) < 4.78 is 75.7. The summed E-state index contributed by atoms with van der Waals surface area (Å²) in [5.74, 6) is 2.02. The Morgan fingerprint density at radius 1 is 0.446 bits per heavy atom. The van der Waals surface area contributed by atoms with Crippen molar-refractivity contribution in [3.8, 4) is 11.1 Å². The van der Waals surface area contributed by atoms with E-state index in [0.717, 1.165) is 42.8 Å². The lowest BCUT2D eigenvalue weighted by Gasteiger charge is -2.37. The summed E-state index contributed by atoms with van der Waals surface area (Å²) in [5, 5.41) is 0. The summed E-state index contributed by atoms with van der Waals surface area (Å²) >= 11 is 3.38. The van der Waals surface area contributed by atoms with E-state index in [2.05, 4.69) is 61.0 Å². The SMILES string of the molecule is C.CC1(CS(=O)c2ccc(-c3ccccc3)cc2)CCC1.CC1(CS(=O)c2ccc(Br)cc2)CCC1.CC1(CS(=O)c2ccccc2)CCC1.O=S(CC1(F)CCC1)c1cccc(F)c1. The van der Waals surface area contributed by atoms with E-state index in [9.17, 15) is 25.6 Å². The molecule has 0 aromatic heterocycles. The van der Waals surface area contributed by atoms with Crippen molar-refractivity contribution in [3.63, 3.8) is 0 Å². The van der Waals surface area contributed by atoms with Crippen LogP contribution < -0.4 is 0 Å². The van der Waals surface area contributed by atoms with Crippen LogP contribution in [0.2, 0.25) is 0 Å². The van der Waals surface area contributed by atoms with Gasteiger partial charge in [0.1, 0.15) is 11.5 Å². The Morgan fingerprint density at radius 3 is 1.18 bits per heavy atom. The molecule has 0 spiro atoms. The maximum Gasteiger partial charge on any atom is 0.124 e. The van der Waals surface area contributed by atoms with Crippen LogP contribution in [0.3, 0.4) is 0 Å². The number of rotatable bonds is 13. The first-order valence-electron chi connectivity index (χ1n) is 22.5. The van der Waals surface area contributed by atoms with Gasteiger partial charge in [-0.05, 0) is 152 Å². The molecule has 4 aliphatic carbocycles. The lowest BCUT2D eigenvalue weighted by Crippen LogP contribution is -2.37. The van der Waals surface area contributed by atoms with E-state index < -0.39 is 54.7 Å². The van der Waals surface area contributed by atoms with Gasteiger partial charge in [-0.15, -0.1) is 0 Å². The molecule has 0 heterocycles. The summed E-state index contributed by atoms with van der Waals surface area (Å²) in [6, 6.07) is 41.6. The highest BCUT2D eigenvalue weighted by atomic mass is 79.9. The minimum atomic E-state index is -1.43. The average molecular weight is 1030 g/mol. The zero-order chi connectivity index (χ0) is 45.8. The van der Waals surface area contributed by atoms with E-state index >= 15 is 0 Å². The first-order chi connectivity index (χ1) is 30.5. The molecule has 5 aromatic carbocycles. The topological polar surface area (TPSA) is 68.3 Å². The quantitative estimate of drug-likeness (QED) is 0.118. The normalized spacial score (nSPS) is 19.7. The van der Waals surface area contributed by atoms with Gasteiger partial charge >= 0.3 is 0 Å². The molecule has 352 valence electrons. The molecule has 11 heteroatoms. The fraction of sp³-hybridized carbons (Fsp3) is 0.444. The summed E-state index contributed by atoms with van der Waals surface area (Å²) in [6.07, 6.45) is 13.1. The van der Waals surface area contributed by atoms with Crippen LogP contribution in [-0.2, 0) is 43.2 Å². The Bertz CT molecular complexity index is 2340. The van der Waals surface area contributed by atoms with Crippen molar-refractivity contribution < 1.29 is 25.6 Å². The smallest absolute Gasteiger partial charge is 0.124 e. The maximum absolute atomic E-state index is 13.7. The number of hydrogen-bond donors (Lipinski definition) is 0. The molecule has 65 heavy (non-hydrogen) atoms. The van der Waals surface area contributed by atoms with Crippen LogP contribution in [0, 0.1) is 22.1 Å². The third-order valence-electron chi connectivity index (χ3n) is 13.1. The molecule has 4 fully saturated rings. The molecule has 5 aromatic rings. The fourth-order valence-electron chi connectivity index (χ4n) is 8.19. The van der Waals surface area contributed by atoms with Gasteiger partial charge in [0.2, 0.25) is 0 Å². The van der Waals surface area contributed by atoms with Gasteiger partial charge < -0.3 is 0 Å². The van der Waals surface area contributed by atoms with Gasteiger partial charge in [0.25, 0.3) is 0 Å². The molecule has 4 aliphatic rings. The highest BCUT2D eigenvalue weighted by molar-refractivity contribution is 9.10. The molecular formula is C54H67BrF2O4S4. The minimum absolute atomic E-state index is 0. The summed E-state index contributed by atoms with van der Waals surface area (Å²) in [5.41, 5.74) is 2.09. The standard InChI is InChI=1S/C18H20OS.C12H15BrOS.C12H16OS.C11H12F2OS.CH4/c1-18(12-5-13-18)14-20(19)17-10-8-16(9-11-17)15-6-3-2-4-7-15;1-12(7-2-8-12)9-15(14)11-5-3-10(13)4-6-11;1-12(8-5-9-12)10-14(13)11-6-3-2-4-7-11;12-9-3-1-4-10(7-9)15(14)8-11(13)5-2-6-11;/h2-4,6-11H,5,12-14H2,1H3;3-6H,2,7-9H2,1H3;2-4,6-7H,5,8-10H2,1H3;1,3-4,7H,2,5-6,8H2;1H4. The van der Waals surface area contributed by atoms with Gasteiger partial charge in [-0.2, -0.15) is 0 Å². The molecule has 0 bridgehead atoms. The Hall–Kier alpha value is -2.96. The van der Waals surface area contributed by atoms with Crippen LogP contribution in [-0.4, -0.2) is 45.5 Å². The minimum Gasteiger partial charge on any atom is -0.254 e. The molecule has 4 nitrogen and oxygen atoms in total. The number of hydrogen-bond acceptors (Lipinski definition) is 4. The Labute approximate surface area is 406 Å². The van der Waals surface area contributed by atoms with Crippen molar-refractivity contribution in [2.24, 2.45) is 16.2 Å². The second kappa shape index (κ2) is 24.4. The van der Waals surface area contributed by atoms with Crippen molar-refractivity contribution in [2.75, 3.05) is 23.0 Å². The summed E-state index contributed by atoms with van der Waals surface area (Å²) in [6.45, 7) is 6.75. The third kappa shape index (κ3) is 16.1. The number of halogens is 3. The van der Waals surface area contributed by atoms with E-state index in [1.54, 1.807) is 6.07 Å². The summed E-state index contributed by atoms with van der Waals surface area (Å²) in [4.78, 5) is 3.25. The van der Waals surface area contributed by atoms with E-state index in [4.69, 9.17) is 0 Å². The predicted molar refractivity (Wildman–Crippen MR) is 274 cm³/mol. The van der Waals surface area contributed by atoms with Gasteiger partial charge in [0, 0.05) is 41.3 Å². The average Bonchev–Trinajstić information content (AvgIpc) is 3.25. The van der Waals surface area contributed by atoms with Crippen molar-refractivity contribution in [2.45, 2.75) is 130 Å². The van der Waals surface area contributed by atoms with Crippen molar-refractivity contribution in [3.05, 3.63) is 144 Å². The molecule has 0 aliphatic heterocycles. The third-order valence-corrected chi connectivity index (χ3v) is 20.5. The van der Waals surface area contributed by atoms with Gasteiger partial charge in [0.05, 0.1) is 49.0 Å². The van der Waals surface area contributed by atoms with Crippen molar-refractivity contribution in [1.82, 2.24) is 0 Å². The Morgan fingerprint density at radius 2 is 0.800 bits per heavy atom. The molecule has 4 atom stereocenters. The molecule has 4 saturated carbocycles. The van der Waals surface area contributed by atoms with E-state index in [1.807, 2.05) is 84.9 Å². The van der Waals surface area contributed by atoms with Crippen LogP contribution in [0.1, 0.15) is 105 Å². The maximum atomic E-state index is 13.7. The zero-order valence-electron chi connectivity index (χ0n) is 37.4. The summed E-state index contributed by atoms with van der Waals surface area (Å²) in [7, 11) is -3.92. The van der Waals surface area contributed by atoms with E-state index in [0.29, 0.717) is 34.0 Å². The van der Waals surface area contributed by atoms with Crippen LogP contribution in [0.15, 0.2) is 158 Å². The first kappa shape index (κ1) is 53.0. The largest absolute Gasteiger partial charge is 0.254 e. The van der Waals surface area contributed by atoms with Crippen LogP contribution >= 0.6 is 15.9 Å². The molecule has 0 amide bonds. The highest BCUT2D eigenvalue weighted by Crippen LogP contribution is 2.43. The van der Waals surface area contributed by atoms with Crippen LogP contribution in [0.25, 0.3) is 11.1 Å². The van der Waals surface area contributed by atoms with E-state index in [-0.39, 0.29) is 13.2 Å². The van der Waals surface area contributed by atoms with Crippen molar-refractivity contribution >= 4 is 59.1 Å². The molecule has 0 N–H and O–H groups in total. The Kier molecular flexibility index (Phi) is 19.9. The van der Waals surface area contributed by atoms with Gasteiger partial charge in [-0.3, -0.25) is 16.8 Å². The van der Waals surface area contributed by atoms with Gasteiger partial charge in [-0.1, -0.05) is 130 Å². The Balaban J connectivity index is 0.000000164. The fourth-order valence-corrected chi connectivity index (χ4v) is 14.5. The molecule has 0 saturated heterocycles. The number of alkyl halides is 1. The van der Waals surface area contributed by atoms with Crippen LogP contribution in [0.4, 0.5) is 8.78 Å². The molecular weight excluding hydrogens is 959 g/mol. The number of benzene rings is 5. The lowest BCUT2D eigenvalue weighted by atomic mass is 9.72.